The lowest BCUT2D eigenvalue weighted by atomic mass is 9.68. The van der Waals surface area contributed by atoms with Crippen LogP contribution in [-0.4, -0.2) is 0 Å². The van der Waals surface area contributed by atoms with Crippen molar-refractivity contribution in [3.63, 3.8) is 0 Å². The average Bonchev–Trinajstić information content (AvgIpc) is 3.69. The first-order valence-electron chi connectivity index (χ1n) is 22.2. The Morgan fingerprint density at radius 2 is 0.766 bits per heavy atom. The highest BCUT2D eigenvalue weighted by Gasteiger charge is 2.47. The Balaban J connectivity index is 1.03. The molecule has 0 heterocycles. The minimum Gasteiger partial charge on any atom is -0.310 e. The predicted molar refractivity (Wildman–Crippen MR) is 270 cm³/mol. The minimum atomic E-state index is -0.505. The molecular formula is C63H43N. The van der Waals surface area contributed by atoms with Gasteiger partial charge < -0.3 is 4.90 Å². The molecule has 0 aliphatic heterocycles. The summed E-state index contributed by atoms with van der Waals surface area (Å²) in [6.07, 6.45) is 0. The van der Waals surface area contributed by atoms with E-state index in [1.807, 2.05) is 0 Å². The first-order valence-corrected chi connectivity index (χ1v) is 22.2. The zero-order valence-electron chi connectivity index (χ0n) is 35.3. The van der Waals surface area contributed by atoms with E-state index in [2.05, 4.69) is 266 Å². The molecule has 11 aromatic carbocycles. The standard InChI is InChI=1S/C63H43N/c1-4-16-44(17-5-1)49-32-30-46-31-33-50(43-51(46)42-49)45-34-38-54(39-35-45)64(55-40-36-48(37-41-55)57-26-14-19-47-18-10-11-24-56(47)57)61-29-15-28-60-62(61)58-25-12-13-27-59(58)63(60,52-20-6-2-7-21-52)53-22-8-3-9-23-53/h1-43H. The van der Waals surface area contributed by atoms with E-state index in [0.29, 0.717) is 0 Å². The van der Waals surface area contributed by atoms with Crippen LogP contribution in [0.25, 0.3) is 66.1 Å². The SMILES string of the molecule is c1ccc(-c2ccc3ccc(-c4ccc(N(c5ccc(-c6cccc7ccccc67)cc5)c5cccc6c5-c5ccccc5C6(c5ccccc5)c5ccccc5)cc4)cc3c2)cc1. The molecule has 0 fully saturated rings. The highest BCUT2D eigenvalue weighted by atomic mass is 15.1. The van der Waals surface area contributed by atoms with Crippen LogP contribution in [0.3, 0.4) is 0 Å². The lowest BCUT2D eigenvalue weighted by Crippen LogP contribution is -2.28. The van der Waals surface area contributed by atoms with Crippen LogP contribution in [0.15, 0.2) is 261 Å². The summed E-state index contributed by atoms with van der Waals surface area (Å²) in [5.74, 6) is 0. The molecular weight excluding hydrogens is 771 g/mol. The first kappa shape index (κ1) is 37.5. The van der Waals surface area contributed by atoms with Gasteiger partial charge >= 0.3 is 0 Å². The topological polar surface area (TPSA) is 3.24 Å². The van der Waals surface area contributed by atoms with Gasteiger partial charge in [-0.25, -0.2) is 0 Å². The second kappa shape index (κ2) is 15.6. The van der Waals surface area contributed by atoms with Crippen molar-refractivity contribution in [2.75, 3.05) is 4.90 Å². The van der Waals surface area contributed by atoms with Crippen molar-refractivity contribution in [1.29, 1.82) is 0 Å². The molecule has 11 aromatic rings. The maximum atomic E-state index is 2.46. The largest absolute Gasteiger partial charge is 0.310 e. The van der Waals surface area contributed by atoms with E-state index >= 15 is 0 Å². The molecule has 0 atom stereocenters. The Labute approximate surface area is 374 Å². The molecule has 0 saturated heterocycles. The Kier molecular flexibility index (Phi) is 9.13. The van der Waals surface area contributed by atoms with Crippen LogP contribution in [0.4, 0.5) is 17.1 Å². The smallest absolute Gasteiger partial charge is 0.0714 e. The van der Waals surface area contributed by atoms with E-state index < -0.39 is 5.41 Å². The second-order valence-corrected chi connectivity index (χ2v) is 16.8. The summed E-state index contributed by atoms with van der Waals surface area (Å²) in [5.41, 5.74) is 17.7. The molecule has 0 N–H and O–H groups in total. The van der Waals surface area contributed by atoms with Crippen molar-refractivity contribution >= 4 is 38.6 Å². The van der Waals surface area contributed by atoms with E-state index in [-0.39, 0.29) is 0 Å². The first-order chi connectivity index (χ1) is 31.7. The van der Waals surface area contributed by atoms with E-state index in [0.717, 1.165) is 17.1 Å². The van der Waals surface area contributed by atoms with Crippen LogP contribution < -0.4 is 4.90 Å². The fourth-order valence-electron chi connectivity index (χ4n) is 10.4. The molecule has 1 aliphatic carbocycles. The molecule has 300 valence electrons. The fraction of sp³-hybridized carbons (Fsp3) is 0.0159. The monoisotopic (exact) mass is 813 g/mol. The van der Waals surface area contributed by atoms with E-state index in [9.17, 15) is 0 Å². The van der Waals surface area contributed by atoms with Gasteiger partial charge in [0.2, 0.25) is 0 Å². The van der Waals surface area contributed by atoms with Gasteiger partial charge in [-0.05, 0) is 125 Å². The molecule has 1 heteroatoms. The number of hydrogen-bond acceptors (Lipinski definition) is 1. The lowest BCUT2D eigenvalue weighted by molar-refractivity contribution is 0.768. The third kappa shape index (κ3) is 6.16. The second-order valence-electron chi connectivity index (χ2n) is 16.8. The van der Waals surface area contributed by atoms with Gasteiger partial charge in [-0.15, -0.1) is 0 Å². The Hall–Kier alpha value is -8.26. The molecule has 1 nitrogen and oxygen atoms in total. The van der Waals surface area contributed by atoms with Gasteiger partial charge in [-0.3, -0.25) is 0 Å². The zero-order valence-corrected chi connectivity index (χ0v) is 35.3. The molecule has 0 amide bonds. The summed E-state index contributed by atoms with van der Waals surface area (Å²) in [6.45, 7) is 0. The number of fused-ring (bicyclic) bond motifs is 5. The number of nitrogens with zero attached hydrogens (tertiary/aromatic N) is 1. The van der Waals surface area contributed by atoms with Crippen LogP contribution in [-0.2, 0) is 5.41 Å². The summed E-state index contributed by atoms with van der Waals surface area (Å²) in [7, 11) is 0. The zero-order chi connectivity index (χ0) is 42.5. The van der Waals surface area contributed by atoms with Gasteiger partial charge in [0.1, 0.15) is 0 Å². The van der Waals surface area contributed by atoms with Crippen LogP contribution >= 0.6 is 0 Å². The number of anilines is 3. The normalized spacial score (nSPS) is 12.5. The summed E-state index contributed by atoms with van der Waals surface area (Å²) < 4.78 is 0. The van der Waals surface area contributed by atoms with Crippen molar-refractivity contribution in [3.8, 4) is 44.5 Å². The molecule has 0 radical (unpaired) electrons. The van der Waals surface area contributed by atoms with Crippen molar-refractivity contribution in [3.05, 3.63) is 283 Å². The molecule has 12 rings (SSSR count). The molecule has 0 saturated carbocycles. The molecule has 0 spiro atoms. The minimum absolute atomic E-state index is 0.505. The van der Waals surface area contributed by atoms with Crippen LogP contribution in [0.2, 0.25) is 0 Å². The van der Waals surface area contributed by atoms with Crippen molar-refractivity contribution in [2.45, 2.75) is 5.41 Å². The Bertz CT molecular complexity index is 3420. The Morgan fingerprint density at radius 3 is 1.44 bits per heavy atom. The number of rotatable bonds is 8. The predicted octanol–water partition coefficient (Wildman–Crippen LogP) is 16.8. The molecule has 0 bridgehead atoms. The number of benzene rings is 11. The summed E-state index contributed by atoms with van der Waals surface area (Å²) >= 11 is 0. The van der Waals surface area contributed by atoms with Gasteiger partial charge in [0.05, 0.1) is 11.1 Å². The molecule has 0 unspecified atom stereocenters. The summed E-state index contributed by atoms with van der Waals surface area (Å²) in [5, 5.41) is 4.96. The van der Waals surface area contributed by atoms with Gasteiger partial charge in [0, 0.05) is 16.9 Å². The third-order valence-electron chi connectivity index (χ3n) is 13.3. The fourth-order valence-corrected chi connectivity index (χ4v) is 10.4. The van der Waals surface area contributed by atoms with Crippen molar-refractivity contribution < 1.29 is 0 Å². The van der Waals surface area contributed by atoms with Gasteiger partial charge in [-0.1, -0.05) is 218 Å². The highest BCUT2D eigenvalue weighted by molar-refractivity contribution is 6.00. The van der Waals surface area contributed by atoms with E-state index in [1.54, 1.807) is 0 Å². The van der Waals surface area contributed by atoms with Gasteiger partial charge in [0.25, 0.3) is 0 Å². The Morgan fingerprint density at radius 1 is 0.281 bits per heavy atom. The van der Waals surface area contributed by atoms with Crippen LogP contribution in [0.5, 0.6) is 0 Å². The quantitative estimate of drug-likeness (QED) is 0.148. The van der Waals surface area contributed by atoms with Crippen molar-refractivity contribution in [2.24, 2.45) is 0 Å². The van der Waals surface area contributed by atoms with Gasteiger partial charge in [0.15, 0.2) is 0 Å². The summed E-state index contributed by atoms with van der Waals surface area (Å²) in [6, 6.07) is 95.8. The maximum Gasteiger partial charge on any atom is 0.0714 e. The maximum absolute atomic E-state index is 2.46. The van der Waals surface area contributed by atoms with E-state index in [1.165, 1.54) is 88.3 Å². The highest BCUT2D eigenvalue weighted by Crippen LogP contribution is 2.59. The summed E-state index contributed by atoms with van der Waals surface area (Å²) in [4.78, 5) is 2.46. The lowest BCUT2D eigenvalue weighted by Gasteiger charge is -2.34. The average molecular weight is 814 g/mol. The van der Waals surface area contributed by atoms with Crippen LogP contribution in [0, 0.1) is 0 Å². The van der Waals surface area contributed by atoms with Crippen molar-refractivity contribution in [1.82, 2.24) is 0 Å². The third-order valence-corrected chi connectivity index (χ3v) is 13.3. The van der Waals surface area contributed by atoms with Gasteiger partial charge in [-0.2, -0.15) is 0 Å². The van der Waals surface area contributed by atoms with Crippen LogP contribution in [0.1, 0.15) is 22.3 Å². The molecule has 1 aliphatic rings. The number of hydrogen-bond donors (Lipinski definition) is 0. The molecule has 0 aromatic heterocycles. The van der Waals surface area contributed by atoms with E-state index in [4.69, 9.17) is 0 Å². The molecule has 64 heavy (non-hydrogen) atoms.